The normalized spacial score (nSPS) is 10.7. The Morgan fingerprint density at radius 3 is 2.56 bits per heavy atom. The van der Waals surface area contributed by atoms with Crippen LogP contribution < -0.4 is 10.3 Å². The number of halogens is 1. The molecular weight excluding hydrogens is 413 g/mol. The molecule has 0 spiro atoms. The number of aromatic hydroxyl groups is 1. The van der Waals surface area contributed by atoms with Gasteiger partial charge in [-0.2, -0.15) is 5.26 Å². The number of methoxy groups -OCH3 is 1. The molecule has 0 saturated carbocycles. The van der Waals surface area contributed by atoms with Gasteiger partial charge >= 0.3 is 0 Å². The van der Waals surface area contributed by atoms with Crippen LogP contribution in [-0.4, -0.2) is 27.6 Å². The second kappa shape index (κ2) is 7.96. The summed E-state index contributed by atoms with van der Waals surface area (Å²) in [5, 5.41) is 20.2. The minimum absolute atomic E-state index is 0.0131. The van der Waals surface area contributed by atoms with E-state index in [2.05, 4.69) is 4.98 Å². The Hall–Kier alpha value is -4.51. The van der Waals surface area contributed by atoms with Gasteiger partial charge in [0.2, 0.25) is 0 Å². The third kappa shape index (κ3) is 3.36. The van der Waals surface area contributed by atoms with Crippen molar-refractivity contribution in [2.75, 3.05) is 7.11 Å². The van der Waals surface area contributed by atoms with E-state index in [1.54, 1.807) is 0 Å². The lowest BCUT2D eigenvalue weighted by Crippen LogP contribution is -2.22. The number of nitrogens with zero attached hydrogens (tertiary/aromatic N) is 3. The van der Waals surface area contributed by atoms with E-state index in [1.807, 2.05) is 6.07 Å². The fourth-order valence-corrected chi connectivity index (χ4v) is 3.54. The van der Waals surface area contributed by atoms with Crippen LogP contribution in [-0.2, 0) is 7.05 Å². The number of fused-ring (bicyclic) bond motifs is 1. The average Bonchev–Trinajstić information content (AvgIpc) is 2.81. The Bertz CT molecular complexity index is 1480. The van der Waals surface area contributed by atoms with Gasteiger partial charge in [-0.3, -0.25) is 14.2 Å². The van der Waals surface area contributed by atoms with Crippen molar-refractivity contribution < 1.29 is 19.0 Å². The second-order valence-electron chi connectivity index (χ2n) is 7.04. The summed E-state index contributed by atoms with van der Waals surface area (Å²) in [5.41, 5.74) is 0.369. The number of phenols is 1. The number of carbonyl (C=O) groups excluding carboxylic acids is 1. The highest BCUT2D eigenvalue weighted by Gasteiger charge is 2.21. The molecule has 32 heavy (non-hydrogen) atoms. The zero-order valence-electron chi connectivity index (χ0n) is 17.1. The lowest BCUT2D eigenvalue weighted by atomic mass is 9.95. The lowest BCUT2D eigenvalue weighted by molar-refractivity contribution is 0.103. The zero-order chi connectivity index (χ0) is 23.0. The first kappa shape index (κ1) is 20.8. The zero-order valence-corrected chi connectivity index (χ0v) is 17.1. The van der Waals surface area contributed by atoms with Crippen LogP contribution in [0.3, 0.4) is 0 Å². The maximum absolute atomic E-state index is 13.5. The van der Waals surface area contributed by atoms with E-state index < -0.39 is 17.2 Å². The van der Waals surface area contributed by atoms with E-state index in [0.717, 1.165) is 0 Å². The van der Waals surface area contributed by atoms with Gasteiger partial charge in [0.25, 0.3) is 5.56 Å². The smallest absolute Gasteiger partial charge is 0.270 e. The van der Waals surface area contributed by atoms with Crippen LogP contribution in [0.4, 0.5) is 4.39 Å². The van der Waals surface area contributed by atoms with Gasteiger partial charge in [0.05, 0.1) is 12.7 Å². The van der Waals surface area contributed by atoms with Gasteiger partial charge in [0, 0.05) is 29.8 Å². The molecule has 0 atom stereocenters. The number of carbonyl (C=O) groups is 1. The third-order valence-electron chi connectivity index (χ3n) is 5.18. The number of phenolic OH excluding ortho intramolecular Hbond substituents is 1. The van der Waals surface area contributed by atoms with Gasteiger partial charge in [0.1, 0.15) is 34.6 Å². The number of benzene rings is 2. The summed E-state index contributed by atoms with van der Waals surface area (Å²) < 4.78 is 19.8. The molecule has 7 nitrogen and oxygen atoms in total. The van der Waals surface area contributed by atoms with Crippen molar-refractivity contribution in [2.45, 2.75) is 0 Å². The van der Waals surface area contributed by atoms with Crippen LogP contribution >= 0.6 is 0 Å². The van der Waals surface area contributed by atoms with Crippen LogP contribution in [0, 0.1) is 17.1 Å². The maximum Gasteiger partial charge on any atom is 0.270 e. The predicted molar refractivity (Wildman–Crippen MR) is 115 cm³/mol. The summed E-state index contributed by atoms with van der Waals surface area (Å²) in [6, 6.07) is 13.0. The lowest BCUT2D eigenvalue weighted by Gasteiger charge is -2.13. The van der Waals surface area contributed by atoms with Crippen LogP contribution in [0.1, 0.15) is 21.5 Å². The molecule has 0 aliphatic carbocycles. The van der Waals surface area contributed by atoms with Gasteiger partial charge in [-0.15, -0.1) is 0 Å². The topological polar surface area (TPSA) is 105 Å². The molecule has 0 bridgehead atoms. The molecule has 4 rings (SSSR count). The number of ketones is 1. The number of pyridine rings is 2. The number of rotatable bonds is 4. The summed E-state index contributed by atoms with van der Waals surface area (Å²) in [6.07, 6.45) is 1.30. The molecule has 0 saturated heterocycles. The molecule has 0 aliphatic rings. The number of ether oxygens (including phenoxy) is 1. The molecule has 2 aromatic carbocycles. The van der Waals surface area contributed by atoms with Gasteiger partial charge in [-0.1, -0.05) is 12.1 Å². The summed E-state index contributed by atoms with van der Waals surface area (Å²) in [4.78, 5) is 30.2. The standard InChI is InChI=1S/C24H16FN3O4/c1-28-23-18(21(19(11-26)24(28)31)13-3-5-15(25)6-4-13)9-14(12-27-23)22(30)17-10-16(32-2)7-8-20(17)29/h3-10,12,29H,1-2H3. The monoisotopic (exact) mass is 429 g/mol. The Morgan fingerprint density at radius 1 is 1.19 bits per heavy atom. The maximum atomic E-state index is 13.5. The summed E-state index contributed by atoms with van der Waals surface area (Å²) in [6.45, 7) is 0. The van der Waals surface area contributed by atoms with E-state index in [9.17, 15) is 24.3 Å². The SMILES string of the molecule is COc1ccc(O)c(C(=O)c2cnc3c(c2)c(-c2ccc(F)cc2)c(C#N)c(=O)n3C)c1. The molecule has 2 heterocycles. The van der Waals surface area contributed by atoms with Gasteiger partial charge < -0.3 is 9.84 Å². The quantitative estimate of drug-likeness (QED) is 0.498. The number of hydrogen-bond acceptors (Lipinski definition) is 6. The van der Waals surface area contributed by atoms with Crippen molar-refractivity contribution in [3.8, 4) is 28.7 Å². The van der Waals surface area contributed by atoms with Crippen LogP contribution in [0.15, 0.2) is 59.5 Å². The Balaban J connectivity index is 2.02. The van der Waals surface area contributed by atoms with Crippen molar-refractivity contribution in [1.82, 2.24) is 9.55 Å². The first-order valence-electron chi connectivity index (χ1n) is 9.46. The third-order valence-corrected chi connectivity index (χ3v) is 5.18. The number of aromatic nitrogens is 2. The number of nitriles is 1. The first-order chi connectivity index (χ1) is 15.3. The highest BCUT2D eigenvalue weighted by molar-refractivity contribution is 6.12. The molecule has 8 heteroatoms. The van der Waals surface area contributed by atoms with E-state index in [-0.39, 0.29) is 33.7 Å². The van der Waals surface area contributed by atoms with Crippen molar-refractivity contribution in [3.63, 3.8) is 0 Å². The molecule has 0 radical (unpaired) electrons. The largest absolute Gasteiger partial charge is 0.507 e. The minimum atomic E-state index is -0.559. The first-order valence-corrected chi connectivity index (χ1v) is 9.46. The summed E-state index contributed by atoms with van der Waals surface area (Å²) in [5.74, 6) is -0.829. The van der Waals surface area contributed by atoms with Crippen molar-refractivity contribution in [1.29, 1.82) is 5.26 Å². The van der Waals surface area contributed by atoms with Gasteiger partial charge in [-0.05, 0) is 42.0 Å². The van der Waals surface area contributed by atoms with E-state index >= 15 is 0 Å². The molecule has 0 unspecified atom stereocenters. The summed E-state index contributed by atoms with van der Waals surface area (Å²) >= 11 is 0. The van der Waals surface area contributed by atoms with E-state index in [0.29, 0.717) is 16.7 Å². The van der Waals surface area contributed by atoms with Crippen LogP contribution in [0.25, 0.3) is 22.2 Å². The molecule has 0 fully saturated rings. The van der Waals surface area contributed by atoms with Crippen LogP contribution in [0.5, 0.6) is 11.5 Å². The molecule has 0 amide bonds. The fraction of sp³-hybridized carbons (Fsp3) is 0.0833. The average molecular weight is 429 g/mol. The molecule has 0 aliphatic heterocycles. The molecule has 2 aromatic heterocycles. The van der Waals surface area contributed by atoms with Crippen molar-refractivity contribution in [3.05, 3.63) is 87.6 Å². The fourth-order valence-electron chi connectivity index (χ4n) is 3.54. The predicted octanol–water partition coefficient (Wildman–Crippen LogP) is 3.56. The highest BCUT2D eigenvalue weighted by Crippen LogP contribution is 2.31. The minimum Gasteiger partial charge on any atom is -0.507 e. The van der Waals surface area contributed by atoms with Gasteiger partial charge in [0.15, 0.2) is 5.78 Å². The molecule has 4 aromatic rings. The second-order valence-corrected chi connectivity index (χ2v) is 7.04. The van der Waals surface area contributed by atoms with Crippen LogP contribution in [0.2, 0.25) is 0 Å². The van der Waals surface area contributed by atoms with Crippen molar-refractivity contribution in [2.24, 2.45) is 7.05 Å². The van der Waals surface area contributed by atoms with Gasteiger partial charge in [-0.25, -0.2) is 9.37 Å². The highest BCUT2D eigenvalue weighted by atomic mass is 19.1. The molecule has 158 valence electrons. The molecule has 1 N–H and O–H groups in total. The van der Waals surface area contributed by atoms with E-state index in [1.165, 1.54) is 73.5 Å². The Morgan fingerprint density at radius 2 is 1.91 bits per heavy atom. The summed E-state index contributed by atoms with van der Waals surface area (Å²) in [7, 11) is 2.92. The number of aryl methyl sites for hydroxylation is 1. The number of hydrogen-bond donors (Lipinski definition) is 1. The van der Waals surface area contributed by atoms with E-state index in [4.69, 9.17) is 4.74 Å². The molecular formula is C24H16FN3O4. The Kier molecular flexibility index (Phi) is 5.16. The Labute approximate surface area is 181 Å². The van der Waals surface area contributed by atoms with Crippen molar-refractivity contribution >= 4 is 16.8 Å².